The van der Waals surface area contributed by atoms with Gasteiger partial charge in [-0.1, -0.05) is 30.0 Å². The number of benzene rings is 2. The minimum atomic E-state index is -0.532. The lowest BCUT2D eigenvalue weighted by molar-refractivity contribution is -0.151. The fourth-order valence-electron chi connectivity index (χ4n) is 2.83. The monoisotopic (exact) mass is 427 g/mol. The molecule has 3 rings (SSSR count). The van der Waals surface area contributed by atoms with Crippen LogP contribution in [0.2, 0.25) is 0 Å². The minimum Gasteiger partial charge on any atom is -0.493 e. The highest BCUT2D eigenvalue weighted by atomic mass is 32.2. The molecule has 0 spiro atoms. The van der Waals surface area contributed by atoms with Gasteiger partial charge in [-0.25, -0.2) is 0 Å². The second-order valence-corrected chi connectivity index (χ2v) is 8.36. The maximum atomic E-state index is 12.2. The average molecular weight is 428 g/mol. The van der Waals surface area contributed by atoms with Crippen molar-refractivity contribution in [2.24, 2.45) is 0 Å². The predicted molar refractivity (Wildman–Crippen MR) is 116 cm³/mol. The van der Waals surface area contributed by atoms with Crippen molar-refractivity contribution in [2.75, 3.05) is 20.0 Å². The highest BCUT2D eigenvalue weighted by Crippen LogP contribution is 2.34. The van der Waals surface area contributed by atoms with E-state index >= 15 is 0 Å². The Morgan fingerprint density at radius 2 is 1.70 bits per heavy atom. The smallest absolute Gasteiger partial charge is 0.316 e. The molecule has 0 radical (unpaired) electrons. The van der Waals surface area contributed by atoms with Crippen molar-refractivity contribution in [3.63, 3.8) is 0 Å². The van der Waals surface area contributed by atoms with Crippen LogP contribution in [0.1, 0.15) is 20.8 Å². The molecule has 0 saturated heterocycles. The summed E-state index contributed by atoms with van der Waals surface area (Å²) in [4.78, 5) is 12.2. The molecule has 0 bridgehead atoms. The van der Waals surface area contributed by atoms with E-state index in [4.69, 9.17) is 14.2 Å². The second-order valence-electron chi connectivity index (χ2n) is 7.42. The third-order valence-corrected chi connectivity index (χ3v) is 4.93. The fourth-order valence-corrected chi connectivity index (χ4v) is 3.56. The van der Waals surface area contributed by atoms with Gasteiger partial charge in [-0.3, -0.25) is 9.36 Å². The first-order chi connectivity index (χ1) is 14.3. The first-order valence-corrected chi connectivity index (χ1v) is 10.4. The van der Waals surface area contributed by atoms with E-state index in [1.54, 1.807) is 14.2 Å². The SMILES string of the molecule is COc1ccc(-c2nnc(SCC(=O)OC(C)(C)C)n2-c2ccccc2)cc1OC. The van der Waals surface area contributed by atoms with Crippen molar-refractivity contribution in [1.29, 1.82) is 0 Å². The fraction of sp³-hybridized carbons (Fsp3) is 0.318. The molecule has 8 heteroatoms. The quantitative estimate of drug-likeness (QED) is 0.409. The largest absolute Gasteiger partial charge is 0.493 e. The van der Waals surface area contributed by atoms with E-state index in [0.717, 1.165) is 11.3 Å². The first kappa shape index (κ1) is 21.7. The van der Waals surface area contributed by atoms with Gasteiger partial charge in [0.25, 0.3) is 0 Å². The van der Waals surface area contributed by atoms with Crippen LogP contribution in [0.5, 0.6) is 11.5 Å². The van der Waals surface area contributed by atoms with E-state index in [2.05, 4.69) is 10.2 Å². The Hall–Kier alpha value is -3.00. The van der Waals surface area contributed by atoms with E-state index in [1.807, 2.05) is 73.9 Å². The summed E-state index contributed by atoms with van der Waals surface area (Å²) in [6.07, 6.45) is 0. The van der Waals surface area contributed by atoms with Crippen LogP contribution in [0, 0.1) is 0 Å². The van der Waals surface area contributed by atoms with Crippen LogP contribution in [0.4, 0.5) is 0 Å². The standard InChI is InChI=1S/C22H25N3O4S/c1-22(2,3)29-19(26)14-30-21-24-23-20(25(21)16-9-7-6-8-10-16)15-11-12-17(27-4)18(13-15)28-5/h6-13H,14H2,1-5H3. The highest BCUT2D eigenvalue weighted by molar-refractivity contribution is 7.99. The molecule has 0 N–H and O–H groups in total. The van der Waals surface area contributed by atoms with Crippen LogP contribution >= 0.6 is 11.8 Å². The van der Waals surface area contributed by atoms with Gasteiger partial charge in [-0.05, 0) is 51.1 Å². The molecule has 1 aromatic heterocycles. The van der Waals surface area contributed by atoms with Gasteiger partial charge < -0.3 is 14.2 Å². The third-order valence-electron chi connectivity index (χ3n) is 4.03. The predicted octanol–water partition coefficient (Wildman–Crippen LogP) is 4.39. The summed E-state index contributed by atoms with van der Waals surface area (Å²) in [5.74, 6) is 1.69. The summed E-state index contributed by atoms with van der Waals surface area (Å²) in [6, 6.07) is 15.3. The molecule has 2 aromatic carbocycles. The van der Waals surface area contributed by atoms with E-state index in [1.165, 1.54) is 11.8 Å². The molecule has 0 atom stereocenters. The summed E-state index contributed by atoms with van der Waals surface area (Å²) < 4.78 is 18.1. The Morgan fingerprint density at radius 1 is 1.00 bits per heavy atom. The second kappa shape index (κ2) is 9.21. The Kier molecular flexibility index (Phi) is 6.66. The molecule has 0 unspecified atom stereocenters. The summed E-state index contributed by atoms with van der Waals surface area (Å²) >= 11 is 1.28. The Balaban J connectivity index is 1.98. The van der Waals surface area contributed by atoms with Crippen LogP contribution in [-0.2, 0) is 9.53 Å². The van der Waals surface area contributed by atoms with Gasteiger partial charge in [0.05, 0.1) is 20.0 Å². The molecule has 7 nitrogen and oxygen atoms in total. The molecular weight excluding hydrogens is 402 g/mol. The molecule has 0 fully saturated rings. The zero-order chi connectivity index (χ0) is 21.7. The van der Waals surface area contributed by atoms with Crippen LogP contribution in [-0.4, -0.2) is 46.3 Å². The van der Waals surface area contributed by atoms with E-state index in [9.17, 15) is 4.79 Å². The number of aromatic nitrogens is 3. The summed E-state index contributed by atoms with van der Waals surface area (Å²) in [7, 11) is 3.18. The third kappa shape index (κ3) is 5.13. The van der Waals surface area contributed by atoms with Crippen molar-refractivity contribution in [2.45, 2.75) is 31.5 Å². The molecule has 0 amide bonds. The normalized spacial score (nSPS) is 11.2. The number of methoxy groups -OCH3 is 2. The molecular formula is C22H25N3O4S. The van der Waals surface area contributed by atoms with E-state index < -0.39 is 5.60 Å². The van der Waals surface area contributed by atoms with E-state index in [0.29, 0.717) is 22.5 Å². The van der Waals surface area contributed by atoms with Gasteiger partial charge in [0.15, 0.2) is 22.5 Å². The molecule has 0 aliphatic carbocycles. The number of esters is 1. The summed E-state index contributed by atoms with van der Waals surface area (Å²) in [5.41, 5.74) is 1.17. The number of ether oxygens (including phenoxy) is 3. The average Bonchev–Trinajstić information content (AvgIpc) is 3.15. The molecule has 0 saturated carbocycles. The first-order valence-electron chi connectivity index (χ1n) is 9.40. The van der Waals surface area contributed by atoms with Crippen molar-refractivity contribution in [3.05, 3.63) is 48.5 Å². The molecule has 0 aliphatic heterocycles. The van der Waals surface area contributed by atoms with Gasteiger partial charge in [0.2, 0.25) is 0 Å². The van der Waals surface area contributed by atoms with Crippen LogP contribution in [0.3, 0.4) is 0 Å². The van der Waals surface area contributed by atoms with Gasteiger partial charge in [0.1, 0.15) is 5.60 Å². The summed E-state index contributed by atoms with van der Waals surface area (Å²) in [6.45, 7) is 5.53. The number of para-hydroxylation sites is 1. The molecule has 158 valence electrons. The number of hydrogen-bond donors (Lipinski definition) is 0. The zero-order valence-electron chi connectivity index (χ0n) is 17.7. The van der Waals surface area contributed by atoms with Crippen molar-refractivity contribution < 1.29 is 19.0 Å². The summed E-state index contributed by atoms with van der Waals surface area (Å²) in [5, 5.41) is 9.32. The number of nitrogens with zero attached hydrogens (tertiary/aromatic N) is 3. The lowest BCUT2D eigenvalue weighted by Gasteiger charge is -2.19. The number of carbonyl (C=O) groups excluding carboxylic acids is 1. The van der Waals surface area contributed by atoms with E-state index in [-0.39, 0.29) is 11.7 Å². The zero-order valence-corrected chi connectivity index (χ0v) is 18.5. The Bertz CT molecular complexity index is 1010. The van der Waals surface area contributed by atoms with Crippen molar-refractivity contribution in [3.8, 4) is 28.6 Å². The lowest BCUT2D eigenvalue weighted by atomic mass is 10.2. The van der Waals surface area contributed by atoms with Crippen LogP contribution in [0.25, 0.3) is 17.1 Å². The molecule has 30 heavy (non-hydrogen) atoms. The molecule has 0 aliphatic rings. The number of rotatable bonds is 7. The van der Waals surface area contributed by atoms with Crippen molar-refractivity contribution >= 4 is 17.7 Å². The maximum Gasteiger partial charge on any atom is 0.316 e. The minimum absolute atomic E-state index is 0.133. The van der Waals surface area contributed by atoms with Gasteiger partial charge in [0, 0.05) is 11.3 Å². The number of thioether (sulfide) groups is 1. The Morgan fingerprint density at radius 3 is 2.33 bits per heavy atom. The number of carbonyl (C=O) groups is 1. The van der Waals surface area contributed by atoms with Crippen molar-refractivity contribution in [1.82, 2.24) is 14.8 Å². The van der Waals surface area contributed by atoms with Gasteiger partial charge >= 0.3 is 5.97 Å². The van der Waals surface area contributed by atoms with Crippen LogP contribution < -0.4 is 9.47 Å². The lowest BCUT2D eigenvalue weighted by Crippen LogP contribution is -2.25. The Labute approximate surface area is 180 Å². The van der Waals surface area contributed by atoms with Gasteiger partial charge in [-0.2, -0.15) is 0 Å². The maximum absolute atomic E-state index is 12.2. The van der Waals surface area contributed by atoms with Gasteiger partial charge in [-0.15, -0.1) is 10.2 Å². The molecule has 1 heterocycles. The highest BCUT2D eigenvalue weighted by Gasteiger charge is 2.21. The van der Waals surface area contributed by atoms with Crippen LogP contribution in [0.15, 0.2) is 53.7 Å². The number of hydrogen-bond acceptors (Lipinski definition) is 7. The topological polar surface area (TPSA) is 75.5 Å². The molecule has 3 aromatic rings.